The van der Waals surface area contributed by atoms with Crippen molar-refractivity contribution in [3.05, 3.63) is 34.4 Å². The molecule has 0 heterocycles. The first-order valence-electron chi connectivity index (χ1n) is 6.04. The van der Waals surface area contributed by atoms with Gasteiger partial charge in [0.15, 0.2) is 0 Å². The van der Waals surface area contributed by atoms with Gasteiger partial charge >= 0.3 is 0 Å². The molecule has 0 aliphatic carbocycles. The third kappa shape index (κ3) is 3.33. The Morgan fingerprint density at radius 3 is 2.22 bits per heavy atom. The van der Waals surface area contributed by atoms with E-state index in [9.17, 15) is 4.79 Å². The summed E-state index contributed by atoms with van der Waals surface area (Å²) in [5, 5.41) is 11.8. The summed E-state index contributed by atoms with van der Waals surface area (Å²) in [5.74, 6) is -0.103. The van der Waals surface area contributed by atoms with Crippen molar-refractivity contribution in [2.45, 2.75) is 34.6 Å². The zero-order valence-electron chi connectivity index (χ0n) is 11.7. The Bertz CT molecular complexity index is 487. The Morgan fingerprint density at radius 2 is 1.78 bits per heavy atom. The van der Waals surface area contributed by atoms with Crippen molar-refractivity contribution in [1.29, 1.82) is 5.26 Å². The van der Waals surface area contributed by atoms with Crippen LogP contribution in [0, 0.1) is 37.5 Å². The summed E-state index contributed by atoms with van der Waals surface area (Å²) in [6, 6.07) is 6.17. The van der Waals surface area contributed by atoms with Gasteiger partial charge in [-0.1, -0.05) is 17.7 Å². The third-order valence-electron chi connectivity index (χ3n) is 2.90. The Morgan fingerprint density at radius 1 is 1.28 bits per heavy atom. The molecule has 0 spiro atoms. The maximum atomic E-state index is 12.1. The highest BCUT2D eigenvalue weighted by Crippen LogP contribution is 2.17. The van der Waals surface area contributed by atoms with E-state index in [-0.39, 0.29) is 5.91 Å². The normalized spacial score (nSPS) is 10.9. The quantitative estimate of drug-likeness (QED) is 0.888. The van der Waals surface area contributed by atoms with Gasteiger partial charge in [-0.3, -0.25) is 4.79 Å². The number of amides is 1. The lowest BCUT2D eigenvalue weighted by molar-refractivity contribution is 0.0942. The second kappa shape index (κ2) is 5.22. The van der Waals surface area contributed by atoms with Crippen LogP contribution in [0.2, 0.25) is 0 Å². The van der Waals surface area contributed by atoms with Gasteiger partial charge in [-0.25, -0.2) is 0 Å². The summed E-state index contributed by atoms with van der Waals surface area (Å²) in [4.78, 5) is 12.1. The number of carbonyl (C=O) groups is 1. The smallest absolute Gasteiger partial charge is 0.251 e. The van der Waals surface area contributed by atoms with E-state index in [0.717, 1.165) is 16.7 Å². The zero-order valence-corrected chi connectivity index (χ0v) is 11.7. The minimum atomic E-state index is -0.540. The van der Waals surface area contributed by atoms with Gasteiger partial charge in [0, 0.05) is 12.1 Å². The molecule has 1 aromatic carbocycles. The molecular weight excluding hydrogens is 224 g/mol. The molecular formula is C15H20N2O. The molecule has 0 fully saturated rings. The summed E-state index contributed by atoms with van der Waals surface area (Å²) >= 11 is 0. The van der Waals surface area contributed by atoms with Gasteiger partial charge in [-0.2, -0.15) is 5.26 Å². The lowest BCUT2D eigenvalue weighted by Crippen LogP contribution is -2.33. The SMILES string of the molecule is Cc1cc(C)c(C(=O)NCC(C)(C)C#N)c(C)c1. The molecule has 0 aliphatic heterocycles. The summed E-state index contributed by atoms with van der Waals surface area (Å²) in [6.45, 7) is 9.86. The fourth-order valence-corrected chi connectivity index (χ4v) is 1.97. The first-order chi connectivity index (χ1) is 8.26. The molecule has 0 saturated carbocycles. The van der Waals surface area contributed by atoms with E-state index in [1.165, 1.54) is 0 Å². The van der Waals surface area contributed by atoms with Crippen LogP contribution in [-0.2, 0) is 0 Å². The van der Waals surface area contributed by atoms with Crippen LogP contribution in [0.4, 0.5) is 0 Å². The molecule has 0 radical (unpaired) electrons. The fourth-order valence-electron chi connectivity index (χ4n) is 1.97. The van der Waals surface area contributed by atoms with E-state index in [1.807, 2.05) is 46.8 Å². The molecule has 1 rings (SSSR count). The Balaban J connectivity index is 2.90. The number of hydrogen-bond acceptors (Lipinski definition) is 2. The first kappa shape index (κ1) is 14.2. The van der Waals surface area contributed by atoms with Crippen molar-refractivity contribution in [3.8, 4) is 6.07 Å². The van der Waals surface area contributed by atoms with Crippen molar-refractivity contribution in [1.82, 2.24) is 5.32 Å². The molecule has 0 atom stereocenters. The monoisotopic (exact) mass is 244 g/mol. The van der Waals surface area contributed by atoms with Gasteiger partial charge in [0.25, 0.3) is 5.91 Å². The van der Waals surface area contributed by atoms with Gasteiger partial charge < -0.3 is 5.32 Å². The van der Waals surface area contributed by atoms with Crippen molar-refractivity contribution in [3.63, 3.8) is 0 Å². The summed E-state index contributed by atoms with van der Waals surface area (Å²) in [7, 11) is 0. The predicted molar refractivity (Wildman–Crippen MR) is 72.4 cm³/mol. The molecule has 18 heavy (non-hydrogen) atoms. The maximum absolute atomic E-state index is 12.1. The van der Waals surface area contributed by atoms with E-state index in [2.05, 4.69) is 11.4 Å². The topological polar surface area (TPSA) is 52.9 Å². The summed E-state index contributed by atoms with van der Waals surface area (Å²) in [5.41, 5.74) is 3.27. The standard InChI is InChI=1S/C15H20N2O/c1-10-6-11(2)13(12(3)7-10)14(18)17-9-15(4,5)8-16/h6-7H,9H2,1-5H3,(H,17,18). The Kier molecular flexibility index (Phi) is 4.13. The maximum Gasteiger partial charge on any atom is 0.251 e. The molecule has 0 bridgehead atoms. The summed E-state index contributed by atoms with van der Waals surface area (Å²) < 4.78 is 0. The Labute approximate surface area is 109 Å². The third-order valence-corrected chi connectivity index (χ3v) is 2.90. The summed E-state index contributed by atoms with van der Waals surface area (Å²) in [6.07, 6.45) is 0. The Hall–Kier alpha value is -1.82. The highest BCUT2D eigenvalue weighted by Gasteiger charge is 2.19. The number of carbonyl (C=O) groups excluding carboxylic acids is 1. The second-order valence-corrected chi connectivity index (χ2v) is 5.45. The second-order valence-electron chi connectivity index (χ2n) is 5.45. The largest absolute Gasteiger partial charge is 0.350 e. The molecule has 0 saturated heterocycles. The number of benzene rings is 1. The average molecular weight is 244 g/mol. The zero-order chi connectivity index (χ0) is 13.9. The molecule has 0 aliphatic rings. The van der Waals surface area contributed by atoms with Crippen LogP contribution >= 0.6 is 0 Å². The van der Waals surface area contributed by atoms with E-state index in [1.54, 1.807) is 0 Å². The van der Waals surface area contributed by atoms with E-state index >= 15 is 0 Å². The number of aryl methyl sites for hydroxylation is 3. The van der Waals surface area contributed by atoms with Gasteiger partial charge in [0.2, 0.25) is 0 Å². The molecule has 3 nitrogen and oxygen atoms in total. The van der Waals surface area contributed by atoms with E-state index in [0.29, 0.717) is 12.1 Å². The van der Waals surface area contributed by atoms with Crippen LogP contribution in [0.3, 0.4) is 0 Å². The minimum Gasteiger partial charge on any atom is -0.350 e. The van der Waals surface area contributed by atoms with Gasteiger partial charge in [0.05, 0.1) is 11.5 Å². The van der Waals surface area contributed by atoms with Crippen LogP contribution in [0.25, 0.3) is 0 Å². The van der Waals surface area contributed by atoms with Crippen molar-refractivity contribution < 1.29 is 4.79 Å². The molecule has 1 aromatic rings. The van der Waals surface area contributed by atoms with Gasteiger partial charge in [-0.15, -0.1) is 0 Å². The number of hydrogen-bond donors (Lipinski definition) is 1. The molecule has 0 unspecified atom stereocenters. The molecule has 0 aromatic heterocycles. The average Bonchev–Trinajstić information content (AvgIpc) is 2.25. The number of nitrogens with zero attached hydrogens (tertiary/aromatic N) is 1. The number of nitriles is 1. The van der Waals surface area contributed by atoms with Crippen LogP contribution in [-0.4, -0.2) is 12.5 Å². The van der Waals surface area contributed by atoms with Gasteiger partial charge in [-0.05, 0) is 45.7 Å². The lowest BCUT2D eigenvalue weighted by atomic mass is 9.95. The molecule has 1 N–H and O–H groups in total. The lowest BCUT2D eigenvalue weighted by Gasteiger charge is -2.17. The van der Waals surface area contributed by atoms with E-state index < -0.39 is 5.41 Å². The molecule has 3 heteroatoms. The van der Waals surface area contributed by atoms with E-state index in [4.69, 9.17) is 5.26 Å². The van der Waals surface area contributed by atoms with Crippen LogP contribution < -0.4 is 5.32 Å². The molecule has 96 valence electrons. The number of rotatable bonds is 3. The van der Waals surface area contributed by atoms with Crippen molar-refractivity contribution in [2.75, 3.05) is 6.54 Å². The highest BCUT2D eigenvalue weighted by atomic mass is 16.1. The van der Waals surface area contributed by atoms with Crippen LogP contribution in [0.1, 0.15) is 40.9 Å². The fraction of sp³-hybridized carbons (Fsp3) is 0.467. The molecule has 1 amide bonds. The highest BCUT2D eigenvalue weighted by molar-refractivity contribution is 5.97. The predicted octanol–water partition coefficient (Wildman–Crippen LogP) is 2.89. The first-order valence-corrected chi connectivity index (χ1v) is 6.04. The van der Waals surface area contributed by atoms with Gasteiger partial charge in [0.1, 0.15) is 0 Å². The van der Waals surface area contributed by atoms with Crippen molar-refractivity contribution >= 4 is 5.91 Å². The number of nitrogens with one attached hydrogen (secondary N) is 1. The van der Waals surface area contributed by atoms with Crippen LogP contribution in [0.5, 0.6) is 0 Å². The minimum absolute atomic E-state index is 0.103. The van der Waals surface area contributed by atoms with Crippen molar-refractivity contribution in [2.24, 2.45) is 5.41 Å². The van der Waals surface area contributed by atoms with Crippen LogP contribution in [0.15, 0.2) is 12.1 Å².